The molecule has 1 fully saturated rings. The summed E-state index contributed by atoms with van der Waals surface area (Å²) < 4.78 is 0. The van der Waals surface area contributed by atoms with Crippen LogP contribution < -0.4 is 5.32 Å². The van der Waals surface area contributed by atoms with Gasteiger partial charge in [-0.05, 0) is 54.8 Å². The summed E-state index contributed by atoms with van der Waals surface area (Å²) in [6.07, 6.45) is 7.41. The number of H-pyrrole nitrogens is 1. The van der Waals surface area contributed by atoms with Crippen LogP contribution in [0.5, 0.6) is 0 Å². The second kappa shape index (κ2) is 10.0. The molecular weight excluding hydrogens is 422 g/mol. The van der Waals surface area contributed by atoms with E-state index in [1.54, 1.807) is 12.1 Å². The van der Waals surface area contributed by atoms with Crippen molar-refractivity contribution in [1.82, 2.24) is 9.97 Å². The van der Waals surface area contributed by atoms with Crippen LogP contribution in [0.15, 0.2) is 72.8 Å². The molecule has 0 spiro atoms. The number of amides is 1. The Bertz CT molecular complexity index is 1280. The third-order valence-corrected chi connectivity index (χ3v) is 6.69. The Balaban J connectivity index is 1.28. The summed E-state index contributed by atoms with van der Waals surface area (Å²) in [6, 6.07) is 22.8. The number of carbonyl (C=O) groups is 2. The standard InChI is InChI=1S/C29H29N3O2/c33-27(21-8-4-1-2-5-9-21)19-20-12-17-25-26(18-20)32-28(31-25)22-13-15-23(16-14-22)29(34)30-24-10-6-3-7-11-24/h3,6-7,10-18,21H,1-2,4-5,8-9,19H2,(H,30,34)(H,31,32). The Morgan fingerprint density at radius 3 is 2.35 bits per heavy atom. The molecule has 0 unspecified atom stereocenters. The summed E-state index contributed by atoms with van der Waals surface area (Å²) in [6.45, 7) is 0. The molecule has 0 bridgehead atoms. The van der Waals surface area contributed by atoms with E-state index in [0.29, 0.717) is 17.8 Å². The predicted molar refractivity (Wildman–Crippen MR) is 136 cm³/mol. The van der Waals surface area contributed by atoms with Gasteiger partial charge in [-0.2, -0.15) is 0 Å². The zero-order valence-electron chi connectivity index (χ0n) is 19.2. The van der Waals surface area contributed by atoms with Crippen molar-refractivity contribution in [3.05, 3.63) is 83.9 Å². The number of hydrogen-bond acceptors (Lipinski definition) is 3. The number of carbonyl (C=O) groups excluding carboxylic acids is 2. The molecule has 1 saturated carbocycles. The number of aromatic nitrogens is 2. The predicted octanol–water partition coefficient (Wildman–Crippen LogP) is 6.56. The van der Waals surface area contributed by atoms with Crippen molar-refractivity contribution >= 4 is 28.4 Å². The normalized spacial score (nSPS) is 14.6. The molecule has 3 aromatic carbocycles. The maximum Gasteiger partial charge on any atom is 0.255 e. The molecule has 1 aliphatic carbocycles. The van der Waals surface area contributed by atoms with Gasteiger partial charge < -0.3 is 10.3 Å². The van der Waals surface area contributed by atoms with Crippen molar-refractivity contribution in [2.24, 2.45) is 5.92 Å². The smallest absolute Gasteiger partial charge is 0.255 e. The third kappa shape index (κ3) is 5.09. The van der Waals surface area contributed by atoms with Crippen molar-refractivity contribution in [3.63, 3.8) is 0 Å². The van der Waals surface area contributed by atoms with Crippen LogP contribution in [0.25, 0.3) is 22.4 Å². The van der Waals surface area contributed by atoms with Crippen LogP contribution in [0.2, 0.25) is 0 Å². The molecule has 2 N–H and O–H groups in total. The molecule has 4 aromatic rings. The van der Waals surface area contributed by atoms with E-state index in [1.165, 1.54) is 25.7 Å². The number of Topliss-reactive ketones (excluding diaryl/α,β-unsaturated/α-hetero) is 1. The fraction of sp³-hybridized carbons (Fsp3) is 0.276. The first-order chi connectivity index (χ1) is 16.7. The topological polar surface area (TPSA) is 74.8 Å². The van der Waals surface area contributed by atoms with Crippen molar-refractivity contribution in [2.75, 3.05) is 5.32 Å². The molecule has 172 valence electrons. The highest BCUT2D eigenvalue weighted by atomic mass is 16.1. The molecule has 5 heteroatoms. The molecule has 5 nitrogen and oxygen atoms in total. The van der Waals surface area contributed by atoms with Crippen LogP contribution in [-0.2, 0) is 11.2 Å². The van der Waals surface area contributed by atoms with Crippen LogP contribution in [0.3, 0.4) is 0 Å². The Morgan fingerprint density at radius 2 is 1.62 bits per heavy atom. The van der Waals surface area contributed by atoms with Crippen molar-refractivity contribution in [2.45, 2.75) is 44.9 Å². The number of hydrogen-bond donors (Lipinski definition) is 2. The van der Waals surface area contributed by atoms with E-state index in [2.05, 4.69) is 10.3 Å². The van der Waals surface area contributed by atoms with E-state index in [9.17, 15) is 9.59 Å². The van der Waals surface area contributed by atoms with Gasteiger partial charge >= 0.3 is 0 Å². The lowest BCUT2D eigenvalue weighted by Gasteiger charge is -2.12. The zero-order valence-corrected chi connectivity index (χ0v) is 19.2. The number of aromatic amines is 1. The first-order valence-electron chi connectivity index (χ1n) is 12.1. The molecule has 34 heavy (non-hydrogen) atoms. The summed E-state index contributed by atoms with van der Waals surface area (Å²) in [4.78, 5) is 33.4. The quantitative estimate of drug-likeness (QED) is 0.326. The molecule has 0 saturated heterocycles. The number of para-hydroxylation sites is 1. The molecule has 0 atom stereocenters. The van der Waals surface area contributed by atoms with Gasteiger partial charge in [-0.3, -0.25) is 9.59 Å². The monoisotopic (exact) mass is 451 g/mol. The van der Waals surface area contributed by atoms with E-state index in [0.717, 1.165) is 46.5 Å². The summed E-state index contributed by atoms with van der Waals surface area (Å²) in [5.74, 6) is 1.18. The highest BCUT2D eigenvalue weighted by Crippen LogP contribution is 2.26. The minimum atomic E-state index is -0.148. The van der Waals surface area contributed by atoms with Gasteiger partial charge in [0.1, 0.15) is 11.6 Å². The highest BCUT2D eigenvalue weighted by Gasteiger charge is 2.20. The average molecular weight is 452 g/mol. The number of fused-ring (bicyclic) bond motifs is 1. The highest BCUT2D eigenvalue weighted by molar-refractivity contribution is 6.04. The number of rotatable bonds is 6. The number of anilines is 1. The second-order valence-corrected chi connectivity index (χ2v) is 9.17. The van der Waals surface area contributed by atoms with E-state index in [-0.39, 0.29) is 11.8 Å². The van der Waals surface area contributed by atoms with Gasteiger partial charge in [0.25, 0.3) is 5.91 Å². The number of ketones is 1. The molecule has 0 radical (unpaired) electrons. The maximum absolute atomic E-state index is 12.8. The molecule has 1 aliphatic rings. The van der Waals surface area contributed by atoms with Gasteiger partial charge in [0.05, 0.1) is 11.0 Å². The van der Waals surface area contributed by atoms with Gasteiger partial charge in [0.2, 0.25) is 0 Å². The van der Waals surface area contributed by atoms with Crippen LogP contribution in [0, 0.1) is 5.92 Å². The maximum atomic E-state index is 12.8. The van der Waals surface area contributed by atoms with Crippen LogP contribution in [0.4, 0.5) is 5.69 Å². The van der Waals surface area contributed by atoms with Gasteiger partial charge in [-0.15, -0.1) is 0 Å². The Morgan fingerprint density at radius 1 is 0.882 bits per heavy atom. The first kappa shape index (κ1) is 22.1. The number of nitrogens with one attached hydrogen (secondary N) is 2. The largest absolute Gasteiger partial charge is 0.338 e. The zero-order chi connectivity index (χ0) is 23.3. The lowest BCUT2D eigenvalue weighted by molar-refractivity contribution is -0.122. The fourth-order valence-corrected chi connectivity index (χ4v) is 4.75. The molecule has 1 aromatic heterocycles. The number of benzene rings is 3. The van der Waals surface area contributed by atoms with Gasteiger partial charge in [-0.25, -0.2) is 4.98 Å². The molecule has 0 aliphatic heterocycles. The Labute approximate surface area is 199 Å². The van der Waals surface area contributed by atoms with Crippen molar-refractivity contribution in [1.29, 1.82) is 0 Å². The summed E-state index contributed by atoms with van der Waals surface area (Å²) in [5, 5.41) is 2.90. The fourth-order valence-electron chi connectivity index (χ4n) is 4.75. The van der Waals surface area contributed by atoms with Crippen LogP contribution >= 0.6 is 0 Å². The lowest BCUT2D eigenvalue weighted by atomic mass is 9.91. The van der Waals surface area contributed by atoms with Gasteiger partial charge in [-0.1, -0.05) is 62.1 Å². The van der Waals surface area contributed by atoms with Crippen LogP contribution in [-0.4, -0.2) is 21.7 Å². The average Bonchev–Trinajstić information content (AvgIpc) is 3.09. The molecule has 1 amide bonds. The second-order valence-electron chi connectivity index (χ2n) is 9.17. The minimum absolute atomic E-state index is 0.148. The van der Waals surface area contributed by atoms with E-state index in [1.807, 2.05) is 60.7 Å². The molecule has 5 rings (SSSR count). The Hall–Kier alpha value is -3.73. The van der Waals surface area contributed by atoms with Crippen molar-refractivity contribution < 1.29 is 9.59 Å². The number of nitrogens with zero attached hydrogens (tertiary/aromatic N) is 1. The van der Waals surface area contributed by atoms with Crippen molar-refractivity contribution in [3.8, 4) is 11.4 Å². The number of imidazole rings is 1. The summed E-state index contributed by atoms with van der Waals surface area (Å²) in [5.41, 5.74) is 5.08. The lowest BCUT2D eigenvalue weighted by Crippen LogP contribution is -2.16. The van der Waals surface area contributed by atoms with E-state index < -0.39 is 0 Å². The summed E-state index contributed by atoms with van der Waals surface area (Å²) >= 11 is 0. The van der Waals surface area contributed by atoms with E-state index in [4.69, 9.17) is 4.98 Å². The Kier molecular flexibility index (Phi) is 6.52. The van der Waals surface area contributed by atoms with Crippen LogP contribution in [0.1, 0.15) is 54.4 Å². The minimum Gasteiger partial charge on any atom is -0.338 e. The summed E-state index contributed by atoms with van der Waals surface area (Å²) in [7, 11) is 0. The third-order valence-electron chi connectivity index (χ3n) is 6.69. The molecular formula is C29H29N3O2. The van der Waals surface area contributed by atoms with Gasteiger partial charge in [0.15, 0.2) is 0 Å². The van der Waals surface area contributed by atoms with Gasteiger partial charge in [0, 0.05) is 29.2 Å². The molecule has 1 heterocycles. The van der Waals surface area contributed by atoms with E-state index >= 15 is 0 Å². The first-order valence-corrected chi connectivity index (χ1v) is 12.1. The SMILES string of the molecule is O=C(Nc1ccccc1)c1ccc(-c2nc3ccc(CC(=O)C4CCCCCC4)cc3[nH]2)cc1.